The van der Waals surface area contributed by atoms with Crippen molar-refractivity contribution in [3.8, 4) is 0 Å². The van der Waals surface area contributed by atoms with E-state index in [9.17, 15) is 17.6 Å². The molecule has 2 aromatic rings. The number of nitrogens with one attached hydrogen (secondary N) is 4. The number of anilines is 2. The van der Waals surface area contributed by atoms with Crippen molar-refractivity contribution < 1.29 is 17.6 Å². The number of hydrazine groups is 1. The van der Waals surface area contributed by atoms with E-state index in [1.165, 1.54) is 12.1 Å². The third-order valence-electron chi connectivity index (χ3n) is 4.03. The number of aryl methyl sites for hydroxylation is 1. The van der Waals surface area contributed by atoms with Gasteiger partial charge < -0.3 is 5.32 Å². The van der Waals surface area contributed by atoms with E-state index in [1.807, 2.05) is 19.1 Å². The number of hydrogen-bond acceptors (Lipinski definition) is 5. The van der Waals surface area contributed by atoms with Gasteiger partial charge in [0.25, 0.3) is 10.0 Å². The van der Waals surface area contributed by atoms with Crippen LogP contribution in [0.1, 0.15) is 5.56 Å². The minimum Gasteiger partial charge on any atom is -0.326 e. The van der Waals surface area contributed by atoms with E-state index in [2.05, 4.69) is 20.9 Å². The lowest BCUT2D eigenvalue weighted by molar-refractivity contribution is -0.119. The molecule has 1 aliphatic rings. The smallest absolute Gasteiger partial charge is 0.250 e. The molecular weight excluding hydrogens is 359 g/mol. The van der Waals surface area contributed by atoms with E-state index >= 15 is 0 Å². The predicted octanol–water partition coefficient (Wildman–Crippen LogP) is 1.56. The first-order chi connectivity index (χ1) is 12.3. The van der Waals surface area contributed by atoms with Crippen LogP contribution in [0.25, 0.3) is 0 Å². The van der Waals surface area contributed by atoms with Gasteiger partial charge in [-0.25, -0.2) is 18.2 Å². The second-order valence-electron chi connectivity index (χ2n) is 6.06. The van der Waals surface area contributed by atoms with Crippen LogP contribution in [0.3, 0.4) is 0 Å². The fourth-order valence-electron chi connectivity index (χ4n) is 2.62. The lowest BCUT2D eigenvalue weighted by Crippen LogP contribution is -2.45. The van der Waals surface area contributed by atoms with E-state index in [1.54, 1.807) is 12.1 Å². The molecule has 3 rings (SSSR count). The molecule has 9 heteroatoms. The SMILES string of the molecule is Cc1ccc(NC(=O)C2CNNC2S(=O)(=O)Nc2ccc(F)cc2)cc1. The minimum atomic E-state index is -3.93. The normalized spacial score (nSPS) is 19.9. The van der Waals surface area contributed by atoms with Gasteiger partial charge in [0.15, 0.2) is 5.37 Å². The number of hydrogen-bond donors (Lipinski definition) is 4. The second kappa shape index (κ2) is 7.40. The van der Waals surface area contributed by atoms with Crippen molar-refractivity contribution in [2.24, 2.45) is 5.92 Å². The van der Waals surface area contributed by atoms with Crippen molar-refractivity contribution >= 4 is 27.3 Å². The van der Waals surface area contributed by atoms with Crippen LogP contribution in [0.4, 0.5) is 15.8 Å². The number of amides is 1. The summed E-state index contributed by atoms with van der Waals surface area (Å²) in [5.41, 5.74) is 7.19. The fourth-order valence-corrected chi connectivity index (χ4v) is 4.10. The molecule has 0 aromatic heterocycles. The summed E-state index contributed by atoms with van der Waals surface area (Å²) in [5, 5.41) is 1.56. The van der Waals surface area contributed by atoms with Crippen LogP contribution in [0, 0.1) is 18.7 Å². The molecule has 0 saturated carbocycles. The molecule has 138 valence electrons. The highest BCUT2D eigenvalue weighted by atomic mass is 32.2. The Morgan fingerprint density at radius 1 is 1.08 bits per heavy atom. The van der Waals surface area contributed by atoms with Crippen molar-refractivity contribution in [1.29, 1.82) is 0 Å². The van der Waals surface area contributed by atoms with Crippen molar-refractivity contribution in [3.63, 3.8) is 0 Å². The molecular formula is C17H19FN4O3S. The summed E-state index contributed by atoms with van der Waals surface area (Å²) in [7, 11) is -3.93. The van der Waals surface area contributed by atoms with E-state index in [4.69, 9.17) is 0 Å². The topological polar surface area (TPSA) is 99.3 Å². The average molecular weight is 378 g/mol. The maximum atomic E-state index is 13.0. The third-order valence-corrected chi connectivity index (χ3v) is 5.66. The zero-order chi connectivity index (χ0) is 18.7. The minimum absolute atomic E-state index is 0.159. The first kappa shape index (κ1) is 18.3. The Balaban J connectivity index is 1.72. The molecule has 1 heterocycles. The number of halogens is 1. The van der Waals surface area contributed by atoms with E-state index in [-0.39, 0.29) is 12.2 Å². The van der Waals surface area contributed by atoms with Gasteiger partial charge in [-0.3, -0.25) is 14.9 Å². The van der Waals surface area contributed by atoms with Crippen LogP contribution < -0.4 is 20.9 Å². The molecule has 0 bridgehead atoms. The molecule has 2 atom stereocenters. The molecule has 1 saturated heterocycles. The van der Waals surface area contributed by atoms with Gasteiger partial charge in [0.05, 0.1) is 5.92 Å². The van der Waals surface area contributed by atoms with E-state index in [0.29, 0.717) is 5.69 Å². The van der Waals surface area contributed by atoms with Gasteiger partial charge in [-0.2, -0.15) is 0 Å². The number of rotatable bonds is 5. The van der Waals surface area contributed by atoms with Gasteiger partial charge in [0, 0.05) is 17.9 Å². The number of sulfonamides is 1. The quantitative estimate of drug-likeness (QED) is 0.633. The molecule has 1 amide bonds. The van der Waals surface area contributed by atoms with Crippen molar-refractivity contribution in [1.82, 2.24) is 10.9 Å². The molecule has 2 aromatic carbocycles. The molecule has 0 radical (unpaired) electrons. The third kappa shape index (κ3) is 4.18. The maximum absolute atomic E-state index is 13.0. The molecule has 2 unspecified atom stereocenters. The van der Waals surface area contributed by atoms with Gasteiger partial charge >= 0.3 is 0 Å². The first-order valence-corrected chi connectivity index (χ1v) is 9.53. The highest BCUT2D eigenvalue weighted by Crippen LogP contribution is 2.20. The van der Waals surface area contributed by atoms with Crippen LogP contribution in [-0.4, -0.2) is 26.2 Å². The Hall–Kier alpha value is -2.49. The summed E-state index contributed by atoms with van der Waals surface area (Å²) in [6.07, 6.45) is 0. The second-order valence-corrected chi connectivity index (χ2v) is 7.86. The highest BCUT2D eigenvalue weighted by Gasteiger charge is 2.41. The number of carbonyl (C=O) groups excluding carboxylic acids is 1. The zero-order valence-electron chi connectivity index (χ0n) is 14.0. The van der Waals surface area contributed by atoms with Gasteiger partial charge in [-0.15, -0.1) is 0 Å². The van der Waals surface area contributed by atoms with Crippen LogP contribution >= 0.6 is 0 Å². The highest BCUT2D eigenvalue weighted by molar-refractivity contribution is 7.93. The Morgan fingerprint density at radius 2 is 1.69 bits per heavy atom. The summed E-state index contributed by atoms with van der Waals surface area (Å²) in [5.74, 6) is -1.72. The summed E-state index contributed by atoms with van der Waals surface area (Å²) in [6, 6.07) is 12.1. The monoisotopic (exact) mass is 378 g/mol. The van der Waals surface area contributed by atoms with Gasteiger partial charge in [0.2, 0.25) is 5.91 Å². The van der Waals surface area contributed by atoms with Crippen LogP contribution in [-0.2, 0) is 14.8 Å². The molecule has 1 fully saturated rings. The summed E-state index contributed by atoms with van der Waals surface area (Å²) in [4.78, 5) is 12.5. The average Bonchev–Trinajstić information content (AvgIpc) is 3.10. The van der Waals surface area contributed by atoms with Crippen LogP contribution in [0.15, 0.2) is 48.5 Å². The van der Waals surface area contributed by atoms with Crippen molar-refractivity contribution in [3.05, 3.63) is 59.9 Å². The van der Waals surface area contributed by atoms with Gasteiger partial charge in [-0.05, 0) is 43.3 Å². The Morgan fingerprint density at radius 3 is 2.35 bits per heavy atom. The standard InChI is InChI=1S/C17H19FN4O3S/c1-11-2-6-13(7-3-11)20-16(23)15-10-19-21-17(15)26(24,25)22-14-8-4-12(18)5-9-14/h2-9,15,17,19,21-22H,10H2,1H3,(H,20,23). The van der Waals surface area contributed by atoms with Crippen LogP contribution in [0.2, 0.25) is 0 Å². The van der Waals surface area contributed by atoms with Gasteiger partial charge in [0.1, 0.15) is 5.82 Å². The van der Waals surface area contributed by atoms with Crippen molar-refractivity contribution in [2.45, 2.75) is 12.3 Å². The Labute approximate surface area is 151 Å². The Kier molecular flexibility index (Phi) is 5.21. The Bertz CT molecular complexity index is 885. The molecule has 7 nitrogen and oxygen atoms in total. The maximum Gasteiger partial charge on any atom is 0.250 e. The number of benzene rings is 2. The van der Waals surface area contributed by atoms with Crippen molar-refractivity contribution in [2.75, 3.05) is 16.6 Å². The largest absolute Gasteiger partial charge is 0.326 e. The molecule has 0 spiro atoms. The van der Waals surface area contributed by atoms with E-state index < -0.39 is 33.0 Å². The number of carbonyl (C=O) groups is 1. The lowest BCUT2D eigenvalue weighted by atomic mass is 10.1. The lowest BCUT2D eigenvalue weighted by Gasteiger charge is -2.19. The molecule has 1 aliphatic heterocycles. The fraction of sp³-hybridized carbons (Fsp3) is 0.235. The van der Waals surface area contributed by atoms with Gasteiger partial charge in [-0.1, -0.05) is 17.7 Å². The zero-order valence-corrected chi connectivity index (χ0v) is 14.8. The molecule has 0 aliphatic carbocycles. The predicted molar refractivity (Wildman–Crippen MR) is 97.2 cm³/mol. The molecule has 4 N–H and O–H groups in total. The summed E-state index contributed by atoms with van der Waals surface area (Å²) in [6.45, 7) is 2.09. The van der Waals surface area contributed by atoms with Crippen LogP contribution in [0.5, 0.6) is 0 Å². The summed E-state index contributed by atoms with van der Waals surface area (Å²) >= 11 is 0. The van der Waals surface area contributed by atoms with E-state index in [0.717, 1.165) is 17.7 Å². The first-order valence-electron chi connectivity index (χ1n) is 7.98. The summed E-state index contributed by atoms with van der Waals surface area (Å²) < 4.78 is 40.6. The molecule has 26 heavy (non-hydrogen) atoms.